The van der Waals surface area contributed by atoms with Gasteiger partial charge in [0.05, 0.1) is 32.4 Å². The lowest BCUT2D eigenvalue weighted by atomic mass is 10.1. The molecule has 2 aromatic heterocycles. The molecule has 0 radical (unpaired) electrons. The van der Waals surface area contributed by atoms with Crippen molar-refractivity contribution in [2.24, 2.45) is 0 Å². The summed E-state index contributed by atoms with van der Waals surface area (Å²) in [5.74, 6) is 1.65. The molecule has 0 aliphatic carbocycles. The van der Waals surface area contributed by atoms with Crippen LogP contribution in [-0.4, -0.2) is 42.2 Å². The van der Waals surface area contributed by atoms with Crippen molar-refractivity contribution < 1.29 is 23.5 Å². The van der Waals surface area contributed by atoms with Crippen LogP contribution in [0, 0.1) is 6.92 Å². The average molecular weight is 450 g/mol. The maximum atomic E-state index is 13.0. The fraction of sp³-hybridized carbons (Fsp3) is 0.217. The molecule has 2 aromatic carbocycles. The summed E-state index contributed by atoms with van der Waals surface area (Å²) >= 11 is 0. The highest BCUT2D eigenvalue weighted by atomic mass is 16.5. The van der Waals surface area contributed by atoms with Crippen LogP contribution < -0.4 is 25.1 Å². The molecule has 10 heteroatoms. The number of amides is 1. The number of ether oxygens (including phenoxy) is 3. The number of methoxy groups -OCH3 is 3. The molecule has 0 bridgehead atoms. The number of hydrogen-bond donors (Lipinski definition) is 1. The van der Waals surface area contributed by atoms with Crippen molar-refractivity contribution >= 4 is 22.5 Å². The van der Waals surface area contributed by atoms with E-state index in [0.717, 1.165) is 10.2 Å². The van der Waals surface area contributed by atoms with Crippen LogP contribution in [0.3, 0.4) is 0 Å². The van der Waals surface area contributed by atoms with Gasteiger partial charge < -0.3 is 24.1 Å². The van der Waals surface area contributed by atoms with Gasteiger partial charge in [-0.1, -0.05) is 5.16 Å². The number of carbonyl (C=O) groups excluding carboxylic acids is 1. The molecule has 0 unspecified atom stereocenters. The fourth-order valence-corrected chi connectivity index (χ4v) is 3.43. The molecule has 2 heterocycles. The van der Waals surface area contributed by atoms with Gasteiger partial charge in [0.1, 0.15) is 35.2 Å². The second kappa shape index (κ2) is 9.03. The number of anilines is 1. The van der Waals surface area contributed by atoms with Gasteiger partial charge in [-0.05, 0) is 43.3 Å². The Hall–Kier alpha value is -4.34. The summed E-state index contributed by atoms with van der Waals surface area (Å²) in [7, 11) is 4.59. The first kappa shape index (κ1) is 21.9. The second-order valence-electron chi connectivity index (χ2n) is 7.12. The number of nitrogens with zero attached hydrogens (tertiary/aromatic N) is 3. The van der Waals surface area contributed by atoms with E-state index < -0.39 is 11.5 Å². The van der Waals surface area contributed by atoms with E-state index >= 15 is 0 Å². The van der Waals surface area contributed by atoms with Crippen LogP contribution in [0.5, 0.6) is 17.2 Å². The third-order valence-electron chi connectivity index (χ3n) is 5.09. The number of aromatic nitrogens is 3. The number of hydrogen-bond acceptors (Lipinski definition) is 8. The van der Waals surface area contributed by atoms with Crippen molar-refractivity contribution in [1.82, 2.24) is 14.9 Å². The van der Waals surface area contributed by atoms with Gasteiger partial charge in [0.2, 0.25) is 5.91 Å². The quantitative estimate of drug-likeness (QED) is 0.457. The highest BCUT2D eigenvalue weighted by Crippen LogP contribution is 2.30. The lowest BCUT2D eigenvalue weighted by Crippen LogP contribution is -2.30. The predicted molar refractivity (Wildman–Crippen MR) is 121 cm³/mol. The number of nitrogens with one attached hydrogen (secondary N) is 1. The molecule has 33 heavy (non-hydrogen) atoms. The van der Waals surface area contributed by atoms with Crippen LogP contribution in [0.4, 0.5) is 5.69 Å². The Morgan fingerprint density at radius 3 is 2.39 bits per heavy atom. The van der Waals surface area contributed by atoms with Gasteiger partial charge >= 0.3 is 0 Å². The molecule has 4 rings (SSSR count). The molecule has 170 valence electrons. The summed E-state index contributed by atoms with van der Waals surface area (Å²) in [5.41, 5.74) is 1.16. The Labute approximate surface area is 188 Å². The molecule has 10 nitrogen and oxygen atoms in total. The molecule has 0 aliphatic rings. The largest absolute Gasteiger partial charge is 0.497 e. The Balaban J connectivity index is 1.72. The van der Waals surface area contributed by atoms with Gasteiger partial charge in [-0.25, -0.2) is 4.68 Å². The maximum Gasteiger partial charge on any atom is 0.297 e. The molecular formula is C23H22N4O6. The molecule has 1 amide bonds. The van der Waals surface area contributed by atoms with E-state index in [0.29, 0.717) is 39.8 Å². The number of carbonyl (C=O) groups is 1. The van der Waals surface area contributed by atoms with E-state index in [2.05, 4.69) is 15.6 Å². The van der Waals surface area contributed by atoms with Crippen LogP contribution in [0.25, 0.3) is 22.2 Å². The first-order valence-electron chi connectivity index (χ1n) is 9.98. The van der Waals surface area contributed by atoms with Gasteiger partial charge in [-0.15, -0.1) is 0 Å². The molecule has 0 atom stereocenters. The zero-order valence-corrected chi connectivity index (χ0v) is 18.5. The minimum absolute atomic E-state index is 0.0973. The van der Waals surface area contributed by atoms with E-state index in [1.165, 1.54) is 14.2 Å². The fourth-order valence-electron chi connectivity index (χ4n) is 3.43. The van der Waals surface area contributed by atoms with Gasteiger partial charge in [0.15, 0.2) is 5.52 Å². The molecule has 4 aromatic rings. The number of fused-ring (bicyclic) bond motifs is 1. The summed E-state index contributed by atoms with van der Waals surface area (Å²) in [4.78, 5) is 25.8. The summed E-state index contributed by atoms with van der Waals surface area (Å²) in [5, 5.41) is 11.6. The van der Waals surface area contributed by atoms with Gasteiger partial charge in [0.25, 0.3) is 5.56 Å². The zero-order chi connectivity index (χ0) is 23.5. The average Bonchev–Trinajstić information content (AvgIpc) is 3.22. The molecule has 1 N–H and O–H groups in total. The third kappa shape index (κ3) is 4.22. The standard InChI is InChI=1S/C23H22N4O6/c1-13-20-21(14-5-7-15(30-2)8-6-14)25-27(23(29)22(20)26-33-13)12-19(28)24-17-11-16(31-3)9-10-18(17)32-4/h5-11H,12H2,1-4H3,(H,24,28). The van der Waals surface area contributed by atoms with Crippen LogP contribution in [-0.2, 0) is 11.3 Å². The van der Waals surface area contributed by atoms with Crippen LogP contribution >= 0.6 is 0 Å². The van der Waals surface area contributed by atoms with Crippen molar-refractivity contribution in [3.63, 3.8) is 0 Å². The Morgan fingerprint density at radius 2 is 1.73 bits per heavy atom. The molecule has 0 spiro atoms. The summed E-state index contributed by atoms with van der Waals surface area (Å²) in [6.07, 6.45) is 0. The summed E-state index contributed by atoms with van der Waals surface area (Å²) in [6, 6.07) is 12.2. The molecule has 0 saturated carbocycles. The Bertz CT molecular complexity index is 1370. The van der Waals surface area contributed by atoms with Crippen molar-refractivity contribution in [3.05, 3.63) is 58.6 Å². The van der Waals surface area contributed by atoms with Gasteiger partial charge in [-0.3, -0.25) is 9.59 Å². The van der Waals surface area contributed by atoms with E-state index in [1.54, 1.807) is 44.4 Å². The lowest BCUT2D eigenvalue weighted by Gasteiger charge is -2.13. The van der Waals surface area contributed by atoms with Crippen molar-refractivity contribution in [2.75, 3.05) is 26.6 Å². The first-order chi connectivity index (χ1) is 15.9. The molecule has 0 fully saturated rings. The Morgan fingerprint density at radius 1 is 1.03 bits per heavy atom. The lowest BCUT2D eigenvalue weighted by molar-refractivity contribution is -0.117. The number of benzene rings is 2. The highest BCUT2D eigenvalue weighted by Gasteiger charge is 2.20. The van der Waals surface area contributed by atoms with Crippen LogP contribution in [0.15, 0.2) is 51.8 Å². The summed E-state index contributed by atoms with van der Waals surface area (Å²) < 4.78 is 22.0. The smallest absolute Gasteiger partial charge is 0.297 e. The predicted octanol–water partition coefficient (Wildman–Crippen LogP) is 3.02. The van der Waals surface area contributed by atoms with Crippen LogP contribution in [0.2, 0.25) is 0 Å². The SMILES string of the molecule is COc1ccc(-c2nn(CC(=O)Nc3cc(OC)ccc3OC)c(=O)c3noc(C)c23)cc1. The van der Waals surface area contributed by atoms with Crippen molar-refractivity contribution in [2.45, 2.75) is 13.5 Å². The van der Waals surface area contributed by atoms with E-state index in [-0.39, 0.29) is 12.1 Å². The molecule has 0 saturated heterocycles. The normalized spacial score (nSPS) is 10.8. The van der Waals surface area contributed by atoms with Crippen molar-refractivity contribution in [3.8, 4) is 28.5 Å². The molecule has 0 aliphatic heterocycles. The van der Waals surface area contributed by atoms with Crippen molar-refractivity contribution in [1.29, 1.82) is 0 Å². The van der Waals surface area contributed by atoms with Gasteiger partial charge in [0, 0.05) is 11.6 Å². The summed E-state index contributed by atoms with van der Waals surface area (Å²) in [6.45, 7) is 1.36. The monoisotopic (exact) mass is 450 g/mol. The minimum Gasteiger partial charge on any atom is -0.497 e. The van der Waals surface area contributed by atoms with Crippen LogP contribution in [0.1, 0.15) is 5.76 Å². The first-order valence-corrected chi connectivity index (χ1v) is 9.98. The third-order valence-corrected chi connectivity index (χ3v) is 5.09. The maximum absolute atomic E-state index is 13.0. The minimum atomic E-state index is -0.535. The highest BCUT2D eigenvalue weighted by molar-refractivity contribution is 5.94. The number of rotatable bonds is 7. The zero-order valence-electron chi connectivity index (χ0n) is 18.5. The Kier molecular flexibility index (Phi) is 5.99. The molecular weight excluding hydrogens is 428 g/mol. The van der Waals surface area contributed by atoms with Gasteiger partial charge in [-0.2, -0.15) is 5.10 Å². The second-order valence-corrected chi connectivity index (χ2v) is 7.12. The topological polar surface area (TPSA) is 118 Å². The van der Waals surface area contributed by atoms with E-state index in [1.807, 2.05) is 12.1 Å². The van der Waals surface area contributed by atoms with E-state index in [4.69, 9.17) is 18.7 Å². The number of aryl methyl sites for hydroxylation is 1. The van der Waals surface area contributed by atoms with E-state index in [9.17, 15) is 9.59 Å².